The van der Waals surface area contributed by atoms with Gasteiger partial charge in [0.05, 0.1) is 6.10 Å². The van der Waals surface area contributed by atoms with Crippen LogP contribution in [0, 0.1) is 6.92 Å². The van der Waals surface area contributed by atoms with Crippen LogP contribution in [0.25, 0.3) is 0 Å². The minimum Gasteiger partial charge on any atom is -0.377 e. The van der Waals surface area contributed by atoms with Crippen LogP contribution in [0.4, 0.5) is 0 Å². The van der Waals surface area contributed by atoms with Gasteiger partial charge in [0.1, 0.15) is 0 Å². The number of likely N-dealkylation sites (N-methyl/N-ethyl adjacent to an activating group) is 1. The number of nitrogens with zero attached hydrogens (tertiary/aromatic N) is 1. The summed E-state index contributed by atoms with van der Waals surface area (Å²) in [5.41, 5.74) is 1.47. The molecule has 2 atom stereocenters. The van der Waals surface area contributed by atoms with E-state index in [9.17, 15) is 0 Å². The van der Waals surface area contributed by atoms with Crippen LogP contribution in [-0.2, 0) is 17.8 Å². The first kappa shape index (κ1) is 16.0. The lowest BCUT2D eigenvalue weighted by atomic mass is 10.1. The Labute approximate surface area is 127 Å². The van der Waals surface area contributed by atoms with E-state index in [-0.39, 0.29) is 0 Å². The first-order valence-electron chi connectivity index (χ1n) is 7.60. The molecule has 0 amide bonds. The molecule has 0 aromatic carbocycles. The molecule has 0 spiro atoms. The maximum absolute atomic E-state index is 5.68. The van der Waals surface area contributed by atoms with Crippen molar-refractivity contribution >= 4 is 11.3 Å². The molecule has 1 N–H and O–H groups in total. The van der Waals surface area contributed by atoms with E-state index in [1.165, 1.54) is 15.3 Å². The lowest BCUT2D eigenvalue weighted by molar-refractivity contribution is 0.0814. The maximum atomic E-state index is 5.68. The highest BCUT2D eigenvalue weighted by atomic mass is 32.1. The first-order valence-corrected chi connectivity index (χ1v) is 8.42. The molecule has 4 heteroatoms. The number of thiophene rings is 1. The lowest BCUT2D eigenvalue weighted by Crippen LogP contribution is -2.36. The second-order valence-corrected chi connectivity index (χ2v) is 7.52. The molecule has 1 aliphatic heterocycles. The smallest absolute Gasteiger partial charge is 0.0703 e. The van der Waals surface area contributed by atoms with Gasteiger partial charge in [-0.2, -0.15) is 0 Å². The van der Waals surface area contributed by atoms with Gasteiger partial charge in [-0.15, -0.1) is 11.3 Å². The second kappa shape index (κ2) is 7.03. The van der Waals surface area contributed by atoms with Crippen LogP contribution in [0.5, 0.6) is 0 Å². The summed E-state index contributed by atoms with van der Waals surface area (Å²) in [5, 5.41) is 3.49. The molecular formula is C16H28N2OS. The Kier molecular flexibility index (Phi) is 5.61. The Balaban J connectivity index is 1.95. The number of nitrogens with one attached hydrogen (secondary N) is 1. The molecule has 1 aromatic rings. The van der Waals surface area contributed by atoms with Crippen molar-refractivity contribution in [1.82, 2.24) is 10.2 Å². The average molecular weight is 296 g/mol. The summed E-state index contributed by atoms with van der Waals surface area (Å²) in [6, 6.07) is 3.47. The zero-order chi connectivity index (χ0) is 14.7. The van der Waals surface area contributed by atoms with Gasteiger partial charge in [-0.05, 0) is 38.9 Å². The SMILES string of the molecule is Cc1sc(CNC(C)C)cc1CN(C)C1CCOC1C. The highest BCUT2D eigenvalue weighted by molar-refractivity contribution is 7.12. The molecule has 0 aliphatic carbocycles. The number of hydrogen-bond donors (Lipinski definition) is 1. The quantitative estimate of drug-likeness (QED) is 0.872. The van der Waals surface area contributed by atoms with Gasteiger partial charge in [0.2, 0.25) is 0 Å². The molecule has 20 heavy (non-hydrogen) atoms. The summed E-state index contributed by atoms with van der Waals surface area (Å²) in [4.78, 5) is 5.34. The molecule has 3 nitrogen and oxygen atoms in total. The normalized spacial score (nSPS) is 23.1. The molecule has 2 unspecified atom stereocenters. The van der Waals surface area contributed by atoms with Gasteiger partial charge < -0.3 is 10.1 Å². The molecule has 1 saturated heterocycles. The number of rotatable bonds is 6. The fourth-order valence-corrected chi connectivity index (χ4v) is 3.83. The van der Waals surface area contributed by atoms with Crippen LogP contribution in [0.15, 0.2) is 6.07 Å². The number of ether oxygens (including phenoxy) is 1. The Hall–Kier alpha value is -0.420. The second-order valence-electron chi connectivity index (χ2n) is 6.18. The third-order valence-electron chi connectivity index (χ3n) is 4.08. The summed E-state index contributed by atoms with van der Waals surface area (Å²) in [5.74, 6) is 0. The van der Waals surface area contributed by atoms with Crippen molar-refractivity contribution in [3.63, 3.8) is 0 Å². The minimum absolute atomic E-state index is 0.362. The van der Waals surface area contributed by atoms with Gasteiger partial charge in [-0.1, -0.05) is 13.8 Å². The van der Waals surface area contributed by atoms with Crippen LogP contribution in [-0.4, -0.2) is 36.7 Å². The Morgan fingerprint density at radius 3 is 2.85 bits per heavy atom. The monoisotopic (exact) mass is 296 g/mol. The third-order valence-corrected chi connectivity index (χ3v) is 5.17. The third kappa shape index (κ3) is 4.04. The molecule has 0 bridgehead atoms. The fourth-order valence-electron chi connectivity index (χ4n) is 2.82. The van der Waals surface area contributed by atoms with Gasteiger partial charge in [0.25, 0.3) is 0 Å². The standard InChI is InChI=1S/C16H28N2OS/c1-11(2)17-9-15-8-14(13(4)20-15)10-18(5)16-6-7-19-12(16)3/h8,11-12,16-17H,6-7,9-10H2,1-5H3. The summed E-state index contributed by atoms with van der Waals surface area (Å²) in [7, 11) is 2.22. The summed E-state index contributed by atoms with van der Waals surface area (Å²) >= 11 is 1.92. The Bertz CT molecular complexity index is 430. The predicted octanol–water partition coefficient (Wildman–Crippen LogP) is 3.16. The number of hydrogen-bond acceptors (Lipinski definition) is 4. The van der Waals surface area contributed by atoms with Crippen molar-refractivity contribution in [2.75, 3.05) is 13.7 Å². The first-order chi connectivity index (χ1) is 9.47. The van der Waals surface area contributed by atoms with Crippen molar-refractivity contribution in [2.45, 2.75) is 65.4 Å². The van der Waals surface area contributed by atoms with Crippen LogP contribution >= 0.6 is 11.3 Å². The summed E-state index contributed by atoms with van der Waals surface area (Å²) in [6.45, 7) is 11.7. The van der Waals surface area contributed by atoms with Crippen molar-refractivity contribution in [1.29, 1.82) is 0 Å². The molecule has 2 heterocycles. The van der Waals surface area contributed by atoms with E-state index in [1.54, 1.807) is 0 Å². The minimum atomic E-state index is 0.362. The molecule has 0 saturated carbocycles. The van der Waals surface area contributed by atoms with Gasteiger partial charge in [0, 0.05) is 41.5 Å². The van der Waals surface area contributed by atoms with E-state index >= 15 is 0 Å². The van der Waals surface area contributed by atoms with E-state index < -0.39 is 0 Å². The van der Waals surface area contributed by atoms with Crippen molar-refractivity contribution < 1.29 is 4.74 Å². The molecule has 2 rings (SSSR count). The topological polar surface area (TPSA) is 24.5 Å². The highest BCUT2D eigenvalue weighted by Crippen LogP contribution is 2.25. The van der Waals surface area contributed by atoms with Crippen molar-refractivity contribution in [3.05, 3.63) is 21.4 Å². The summed E-state index contributed by atoms with van der Waals surface area (Å²) in [6.07, 6.45) is 1.52. The highest BCUT2D eigenvalue weighted by Gasteiger charge is 2.28. The van der Waals surface area contributed by atoms with Gasteiger partial charge in [-0.25, -0.2) is 0 Å². The Morgan fingerprint density at radius 1 is 1.50 bits per heavy atom. The van der Waals surface area contributed by atoms with Crippen LogP contribution in [0.3, 0.4) is 0 Å². The molecule has 0 radical (unpaired) electrons. The van der Waals surface area contributed by atoms with E-state index in [0.29, 0.717) is 18.2 Å². The van der Waals surface area contributed by atoms with Gasteiger partial charge in [0.15, 0.2) is 0 Å². The van der Waals surface area contributed by atoms with Crippen molar-refractivity contribution in [2.24, 2.45) is 0 Å². The Morgan fingerprint density at radius 2 is 2.25 bits per heavy atom. The zero-order valence-electron chi connectivity index (χ0n) is 13.4. The lowest BCUT2D eigenvalue weighted by Gasteiger charge is -2.26. The average Bonchev–Trinajstić information content (AvgIpc) is 2.94. The van der Waals surface area contributed by atoms with E-state index in [0.717, 1.165) is 26.1 Å². The fraction of sp³-hybridized carbons (Fsp3) is 0.750. The van der Waals surface area contributed by atoms with Crippen LogP contribution < -0.4 is 5.32 Å². The number of aryl methyl sites for hydroxylation is 1. The van der Waals surface area contributed by atoms with E-state index in [2.05, 4.69) is 51.0 Å². The molecule has 114 valence electrons. The van der Waals surface area contributed by atoms with E-state index in [1.807, 2.05) is 11.3 Å². The van der Waals surface area contributed by atoms with Crippen LogP contribution in [0.1, 0.15) is 42.5 Å². The molecule has 1 aliphatic rings. The van der Waals surface area contributed by atoms with Gasteiger partial charge >= 0.3 is 0 Å². The van der Waals surface area contributed by atoms with Gasteiger partial charge in [-0.3, -0.25) is 4.90 Å². The maximum Gasteiger partial charge on any atom is 0.0703 e. The largest absolute Gasteiger partial charge is 0.377 e. The zero-order valence-corrected chi connectivity index (χ0v) is 14.2. The van der Waals surface area contributed by atoms with Crippen LogP contribution in [0.2, 0.25) is 0 Å². The summed E-state index contributed by atoms with van der Waals surface area (Å²) < 4.78 is 5.68. The molecule has 1 aromatic heterocycles. The predicted molar refractivity (Wildman–Crippen MR) is 86.3 cm³/mol. The van der Waals surface area contributed by atoms with Crippen molar-refractivity contribution in [3.8, 4) is 0 Å². The molecular weight excluding hydrogens is 268 g/mol. The molecule has 1 fully saturated rings. The van der Waals surface area contributed by atoms with E-state index in [4.69, 9.17) is 4.74 Å².